The van der Waals surface area contributed by atoms with Gasteiger partial charge in [0.1, 0.15) is 5.75 Å². The molecule has 25 heavy (non-hydrogen) atoms. The van der Waals surface area contributed by atoms with Crippen molar-refractivity contribution < 1.29 is 27.1 Å². The zero-order valence-corrected chi connectivity index (χ0v) is 14.5. The molecular formula is C17H14BrF4NO2. The molecule has 0 aromatic heterocycles. The van der Waals surface area contributed by atoms with Crippen molar-refractivity contribution >= 4 is 21.8 Å². The van der Waals surface area contributed by atoms with Crippen LogP contribution in [0.3, 0.4) is 0 Å². The van der Waals surface area contributed by atoms with Crippen LogP contribution >= 0.6 is 15.9 Å². The van der Waals surface area contributed by atoms with Crippen LogP contribution in [-0.4, -0.2) is 12.5 Å². The molecule has 0 bridgehead atoms. The molecule has 0 saturated carbocycles. The largest absolute Gasteiger partial charge is 0.434 e. The molecule has 1 N–H and O–H groups in total. The Kier molecular flexibility index (Phi) is 6.81. The summed E-state index contributed by atoms with van der Waals surface area (Å²) < 4.78 is 55.8. The molecule has 2 rings (SSSR count). The van der Waals surface area contributed by atoms with E-state index in [0.717, 1.165) is 12.1 Å². The molecule has 134 valence electrons. The van der Waals surface area contributed by atoms with Crippen LogP contribution in [0.1, 0.15) is 17.5 Å². The Labute approximate surface area is 150 Å². The third-order valence-electron chi connectivity index (χ3n) is 3.34. The van der Waals surface area contributed by atoms with Crippen LogP contribution < -0.4 is 10.1 Å². The van der Waals surface area contributed by atoms with Gasteiger partial charge in [-0.1, -0.05) is 22.0 Å². The van der Waals surface area contributed by atoms with E-state index < -0.39 is 18.2 Å². The average Bonchev–Trinajstić information content (AvgIpc) is 2.55. The van der Waals surface area contributed by atoms with Gasteiger partial charge in [0.2, 0.25) is 5.91 Å². The highest BCUT2D eigenvalue weighted by molar-refractivity contribution is 9.10. The lowest BCUT2D eigenvalue weighted by atomic mass is 10.1. The number of amides is 1. The quantitative estimate of drug-likeness (QED) is 0.667. The van der Waals surface area contributed by atoms with Gasteiger partial charge in [0.25, 0.3) is 0 Å². The van der Waals surface area contributed by atoms with Gasteiger partial charge in [-0.25, -0.2) is 8.78 Å². The van der Waals surface area contributed by atoms with Crippen LogP contribution in [-0.2, 0) is 17.8 Å². The second kappa shape index (κ2) is 8.84. The Morgan fingerprint density at radius 3 is 2.56 bits per heavy atom. The molecule has 8 heteroatoms. The van der Waals surface area contributed by atoms with Crippen LogP contribution in [0.15, 0.2) is 40.9 Å². The van der Waals surface area contributed by atoms with E-state index >= 15 is 0 Å². The number of ether oxygens (including phenoxy) is 1. The lowest BCUT2D eigenvalue weighted by Crippen LogP contribution is -2.23. The Morgan fingerprint density at radius 1 is 1.12 bits per heavy atom. The van der Waals surface area contributed by atoms with Gasteiger partial charge in [-0.15, -0.1) is 0 Å². The summed E-state index contributed by atoms with van der Waals surface area (Å²) in [6.07, 6.45) is 0.270. The minimum atomic E-state index is -2.97. The molecule has 2 aromatic rings. The monoisotopic (exact) mass is 419 g/mol. The van der Waals surface area contributed by atoms with Gasteiger partial charge in [-0.05, 0) is 42.3 Å². The highest BCUT2D eigenvalue weighted by atomic mass is 79.9. The molecule has 0 saturated heterocycles. The lowest BCUT2D eigenvalue weighted by Gasteiger charge is -2.12. The van der Waals surface area contributed by atoms with Gasteiger partial charge in [-0.3, -0.25) is 4.79 Å². The Balaban J connectivity index is 1.91. The first-order chi connectivity index (χ1) is 11.8. The first-order valence-electron chi connectivity index (χ1n) is 7.29. The lowest BCUT2D eigenvalue weighted by molar-refractivity contribution is -0.121. The summed E-state index contributed by atoms with van der Waals surface area (Å²) in [6, 6.07) is 7.91. The van der Waals surface area contributed by atoms with Gasteiger partial charge in [0, 0.05) is 23.0 Å². The SMILES string of the molecule is O=C(CCc1ccc(F)c(F)c1)NCc1cc(Br)ccc1OC(F)F. The van der Waals surface area contributed by atoms with Crippen molar-refractivity contribution in [3.8, 4) is 5.75 Å². The standard InChI is InChI=1S/C17H14BrF4NO2/c18-12-3-5-15(25-17(21)22)11(8-12)9-23-16(24)6-2-10-1-4-13(19)14(20)7-10/h1,3-5,7-8,17H,2,6,9H2,(H,23,24). The molecule has 0 aliphatic heterocycles. The van der Waals surface area contributed by atoms with Crippen LogP contribution in [0.4, 0.5) is 17.6 Å². The molecule has 0 radical (unpaired) electrons. The third-order valence-corrected chi connectivity index (χ3v) is 3.83. The first kappa shape index (κ1) is 19.2. The van der Waals surface area contributed by atoms with E-state index in [4.69, 9.17) is 0 Å². The average molecular weight is 420 g/mol. The maximum Gasteiger partial charge on any atom is 0.387 e. The van der Waals surface area contributed by atoms with Crippen LogP contribution in [0.2, 0.25) is 0 Å². The molecule has 0 fully saturated rings. The maximum atomic E-state index is 13.1. The molecule has 0 aliphatic carbocycles. The molecule has 0 spiro atoms. The van der Waals surface area contributed by atoms with E-state index in [2.05, 4.69) is 26.0 Å². The first-order valence-corrected chi connectivity index (χ1v) is 8.08. The summed E-state index contributed by atoms with van der Waals surface area (Å²) in [4.78, 5) is 11.9. The van der Waals surface area contributed by atoms with Gasteiger partial charge in [0.15, 0.2) is 11.6 Å². The number of rotatable bonds is 7. The number of carbonyl (C=O) groups excluding carboxylic acids is 1. The summed E-state index contributed by atoms with van der Waals surface area (Å²) in [5, 5.41) is 2.58. The normalized spacial score (nSPS) is 10.8. The van der Waals surface area contributed by atoms with Crippen molar-refractivity contribution in [2.45, 2.75) is 26.0 Å². The molecule has 3 nitrogen and oxygen atoms in total. The third kappa shape index (κ3) is 6.04. The summed E-state index contributed by atoms with van der Waals surface area (Å²) in [7, 11) is 0. The van der Waals surface area contributed by atoms with Crippen LogP contribution in [0, 0.1) is 11.6 Å². The molecule has 0 atom stereocenters. The zero-order valence-electron chi connectivity index (χ0n) is 12.9. The summed E-state index contributed by atoms with van der Waals surface area (Å²) in [5.74, 6) is -2.30. The summed E-state index contributed by atoms with van der Waals surface area (Å²) in [5.41, 5.74) is 0.870. The van der Waals surface area contributed by atoms with Crippen molar-refractivity contribution in [2.75, 3.05) is 0 Å². The number of hydrogen-bond donors (Lipinski definition) is 1. The van der Waals surface area contributed by atoms with Crippen LogP contribution in [0.5, 0.6) is 5.75 Å². The molecule has 2 aromatic carbocycles. The van der Waals surface area contributed by atoms with Crippen LogP contribution in [0.25, 0.3) is 0 Å². The van der Waals surface area contributed by atoms with Gasteiger partial charge in [0.05, 0.1) is 0 Å². The van der Waals surface area contributed by atoms with E-state index in [-0.39, 0.29) is 31.0 Å². The second-order valence-corrected chi connectivity index (χ2v) is 6.07. The maximum absolute atomic E-state index is 13.1. The smallest absolute Gasteiger partial charge is 0.387 e. The number of nitrogens with one attached hydrogen (secondary N) is 1. The second-order valence-electron chi connectivity index (χ2n) is 5.16. The minimum Gasteiger partial charge on any atom is -0.434 e. The topological polar surface area (TPSA) is 38.3 Å². The summed E-state index contributed by atoms with van der Waals surface area (Å²) in [6.45, 7) is -2.97. The van der Waals surface area contributed by atoms with E-state index in [0.29, 0.717) is 15.6 Å². The van der Waals surface area contributed by atoms with E-state index in [1.165, 1.54) is 12.1 Å². The van der Waals surface area contributed by atoms with E-state index in [1.54, 1.807) is 12.1 Å². The van der Waals surface area contributed by atoms with Crippen molar-refractivity contribution in [1.82, 2.24) is 5.32 Å². The minimum absolute atomic E-state index is 0.00188. The highest BCUT2D eigenvalue weighted by Gasteiger charge is 2.12. The highest BCUT2D eigenvalue weighted by Crippen LogP contribution is 2.24. The summed E-state index contributed by atoms with van der Waals surface area (Å²) >= 11 is 3.22. The predicted molar refractivity (Wildman–Crippen MR) is 87.3 cm³/mol. The van der Waals surface area contributed by atoms with E-state index in [9.17, 15) is 22.4 Å². The number of aryl methyl sites for hydroxylation is 1. The molecule has 0 aliphatic rings. The Morgan fingerprint density at radius 2 is 1.88 bits per heavy atom. The fourth-order valence-electron chi connectivity index (χ4n) is 2.13. The Hall–Kier alpha value is -2.09. The molecule has 1 amide bonds. The fourth-order valence-corrected chi connectivity index (χ4v) is 2.54. The van der Waals surface area contributed by atoms with Crippen molar-refractivity contribution in [3.05, 3.63) is 63.6 Å². The number of alkyl halides is 2. The number of halogens is 5. The number of carbonyl (C=O) groups is 1. The zero-order chi connectivity index (χ0) is 18.4. The number of benzene rings is 2. The van der Waals surface area contributed by atoms with Gasteiger partial charge in [-0.2, -0.15) is 8.78 Å². The van der Waals surface area contributed by atoms with Gasteiger partial charge >= 0.3 is 6.61 Å². The van der Waals surface area contributed by atoms with Crippen molar-refractivity contribution in [3.63, 3.8) is 0 Å². The van der Waals surface area contributed by atoms with E-state index in [1.807, 2.05) is 0 Å². The van der Waals surface area contributed by atoms with Crippen molar-refractivity contribution in [1.29, 1.82) is 0 Å². The Bertz CT molecular complexity index is 755. The molecule has 0 heterocycles. The number of hydrogen-bond acceptors (Lipinski definition) is 2. The fraction of sp³-hybridized carbons (Fsp3) is 0.235. The van der Waals surface area contributed by atoms with Crippen molar-refractivity contribution in [2.24, 2.45) is 0 Å². The molecule has 0 unspecified atom stereocenters. The van der Waals surface area contributed by atoms with Gasteiger partial charge < -0.3 is 10.1 Å². The predicted octanol–water partition coefficient (Wildman–Crippen LogP) is 4.58. The molecular weight excluding hydrogens is 406 g/mol.